The van der Waals surface area contributed by atoms with Gasteiger partial charge in [-0.1, -0.05) is 36.4 Å². The third kappa shape index (κ3) is 4.92. The lowest BCUT2D eigenvalue weighted by Crippen LogP contribution is -2.37. The Balaban J connectivity index is 1.74. The van der Waals surface area contributed by atoms with E-state index in [0.717, 1.165) is 5.56 Å². The molecule has 2 aromatic rings. The first kappa shape index (κ1) is 16.7. The third-order valence-corrected chi connectivity index (χ3v) is 3.47. The second-order valence-electron chi connectivity index (χ2n) is 5.19. The maximum Gasteiger partial charge on any atom is 0.251 e. The van der Waals surface area contributed by atoms with Crippen LogP contribution in [0.5, 0.6) is 0 Å². The van der Waals surface area contributed by atoms with Crippen molar-refractivity contribution in [3.05, 3.63) is 71.0 Å². The monoisotopic (exact) mass is 314 g/mol. The summed E-state index contributed by atoms with van der Waals surface area (Å²) in [4.78, 5) is 23.7. The number of carbonyl (C=O) groups is 2. The highest BCUT2D eigenvalue weighted by molar-refractivity contribution is 5.97. The van der Waals surface area contributed by atoms with Gasteiger partial charge in [0, 0.05) is 12.1 Å². The molecule has 120 valence electrons. The van der Waals surface area contributed by atoms with Crippen LogP contribution in [-0.2, 0) is 11.2 Å². The fourth-order valence-electron chi connectivity index (χ4n) is 2.18. The lowest BCUT2D eigenvalue weighted by Gasteiger charge is -2.09. The van der Waals surface area contributed by atoms with Gasteiger partial charge < -0.3 is 10.6 Å². The Kier molecular flexibility index (Phi) is 5.86. The fourth-order valence-corrected chi connectivity index (χ4v) is 2.18. The lowest BCUT2D eigenvalue weighted by atomic mass is 10.1. The van der Waals surface area contributed by atoms with Crippen LogP contribution in [0.4, 0.5) is 4.39 Å². The minimum Gasteiger partial charge on any atom is -0.354 e. The quantitative estimate of drug-likeness (QED) is 0.859. The van der Waals surface area contributed by atoms with Crippen molar-refractivity contribution in [3.8, 4) is 0 Å². The molecule has 0 saturated carbocycles. The summed E-state index contributed by atoms with van der Waals surface area (Å²) in [6.07, 6.45) is 0.407. The van der Waals surface area contributed by atoms with Crippen LogP contribution < -0.4 is 10.6 Å². The van der Waals surface area contributed by atoms with E-state index < -0.39 is 0 Å². The van der Waals surface area contributed by atoms with E-state index in [1.54, 1.807) is 30.3 Å². The van der Waals surface area contributed by atoms with E-state index in [1.165, 1.54) is 6.07 Å². The number of hydrogen-bond donors (Lipinski definition) is 2. The Bertz CT molecular complexity index is 701. The highest BCUT2D eigenvalue weighted by Gasteiger charge is 2.09. The maximum atomic E-state index is 13.4. The Hall–Kier alpha value is -2.69. The van der Waals surface area contributed by atoms with Crippen LogP contribution in [0.2, 0.25) is 0 Å². The van der Waals surface area contributed by atoms with Crippen molar-refractivity contribution in [2.75, 3.05) is 13.1 Å². The van der Waals surface area contributed by atoms with E-state index in [-0.39, 0.29) is 24.2 Å². The van der Waals surface area contributed by atoms with Crippen molar-refractivity contribution in [1.82, 2.24) is 10.6 Å². The Morgan fingerprint density at radius 3 is 2.43 bits per heavy atom. The first-order chi connectivity index (χ1) is 11.1. The first-order valence-corrected chi connectivity index (χ1v) is 7.42. The van der Waals surface area contributed by atoms with Crippen molar-refractivity contribution < 1.29 is 14.0 Å². The normalized spacial score (nSPS) is 10.2. The van der Waals surface area contributed by atoms with Crippen LogP contribution in [0.1, 0.15) is 21.5 Å². The maximum absolute atomic E-state index is 13.4. The smallest absolute Gasteiger partial charge is 0.251 e. The van der Waals surface area contributed by atoms with Crippen molar-refractivity contribution in [2.24, 2.45) is 0 Å². The molecular weight excluding hydrogens is 295 g/mol. The van der Waals surface area contributed by atoms with Gasteiger partial charge in [0.15, 0.2) is 0 Å². The summed E-state index contributed by atoms with van der Waals surface area (Å²) in [7, 11) is 0. The van der Waals surface area contributed by atoms with Crippen LogP contribution in [0.3, 0.4) is 0 Å². The predicted octanol–water partition coefficient (Wildman–Crippen LogP) is 2.22. The van der Waals surface area contributed by atoms with Crippen LogP contribution >= 0.6 is 0 Å². The fraction of sp³-hybridized carbons (Fsp3) is 0.222. The van der Waals surface area contributed by atoms with Gasteiger partial charge >= 0.3 is 0 Å². The molecule has 2 N–H and O–H groups in total. The number of nitrogens with one attached hydrogen (secondary N) is 2. The topological polar surface area (TPSA) is 58.2 Å². The van der Waals surface area contributed by atoms with Crippen LogP contribution in [0.25, 0.3) is 0 Å². The highest BCUT2D eigenvalue weighted by atomic mass is 19.1. The van der Waals surface area contributed by atoms with E-state index in [2.05, 4.69) is 10.6 Å². The minimum atomic E-state index is -0.303. The van der Waals surface area contributed by atoms with E-state index in [4.69, 9.17) is 0 Å². The number of halogens is 1. The summed E-state index contributed by atoms with van der Waals surface area (Å²) >= 11 is 0. The Morgan fingerprint density at radius 2 is 1.70 bits per heavy atom. The molecule has 5 heteroatoms. The third-order valence-electron chi connectivity index (χ3n) is 3.47. The van der Waals surface area contributed by atoms with Gasteiger partial charge in [-0.15, -0.1) is 0 Å². The Morgan fingerprint density at radius 1 is 1.00 bits per heavy atom. The van der Waals surface area contributed by atoms with Crippen molar-refractivity contribution in [3.63, 3.8) is 0 Å². The van der Waals surface area contributed by atoms with Crippen molar-refractivity contribution in [1.29, 1.82) is 0 Å². The van der Waals surface area contributed by atoms with Gasteiger partial charge in [0.2, 0.25) is 5.91 Å². The standard InChI is InChI=1S/C18H19FN2O2/c1-13-6-2-4-8-15(13)18(23)21-12-17(22)20-11-10-14-7-3-5-9-16(14)19/h2-9H,10-12H2,1H3,(H,20,22)(H,21,23). The van der Waals surface area contributed by atoms with E-state index in [1.807, 2.05) is 19.1 Å². The zero-order chi connectivity index (χ0) is 16.7. The van der Waals surface area contributed by atoms with Gasteiger partial charge in [-0.25, -0.2) is 4.39 Å². The molecule has 0 bridgehead atoms. The molecule has 0 aliphatic rings. The molecule has 0 fully saturated rings. The summed E-state index contributed by atoms with van der Waals surface area (Å²) in [5.41, 5.74) is 1.95. The van der Waals surface area contributed by atoms with Crippen molar-refractivity contribution >= 4 is 11.8 Å². The summed E-state index contributed by atoms with van der Waals surface area (Å²) < 4.78 is 13.4. The summed E-state index contributed by atoms with van der Waals surface area (Å²) in [5, 5.41) is 5.23. The SMILES string of the molecule is Cc1ccccc1C(=O)NCC(=O)NCCc1ccccc1F. The lowest BCUT2D eigenvalue weighted by molar-refractivity contribution is -0.120. The minimum absolute atomic E-state index is 0.107. The second kappa shape index (κ2) is 8.08. The van der Waals surface area contributed by atoms with Gasteiger partial charge in [-0.3, -0.25) is 9.59 Å². The van der Waals surface area contributed by atoms with E-state index in [0.29, 0.717) is 24.1 Å². The number of rotatable bonds is 6. The molecule has 0 heterocycles. The number of carbonyl (C=O) groups excluding carboxylic acids is 2. The molecule has 23 heavy (non-hydrogen) atoms. The predicted molar refractivity (Wildman–Crippen MR) is 86.6 cm³/mol. The van der Waals surface area contributed by atoms with Gasteiger partial charge in [0.25, 0.3) is 5.91 Å². The summed E-state index contributed by atoms with van der Waals surface area (Å²) in [6.45, 7) is 2.05. The average Bonchev–Trinajstić information content (AvgIpc) is 2.55. The molecule has 0 atom stereocenters. The molecule has 2 aromatic carbocycles. The van der Waals surface area contributed by atoms with Gasteiger partial charge in [-0.05, 0) is 36.6 Å². The molecule has 4 nitrogen and oxygen atoms in total. The average molecular weight is 314 g/mol. The van der Waals surface area contributed by atoms with E-state index >= 15 is 0 Å². The van der Waals surface area contributed by atoms with Crippen LogP contribution in [0.15, 0.2) is 48.5 Å². The summed E-state index contributed by atoms with van der Waals surface area (Å²) in [5.74, 6) is -0.870. The van der Waals surface area contributed by atoms with Crippen molar-refractivity contribution in [2.45, 2.75) is 13.3 Å². The number of aryl methyl sites for hydroxylation is 1. The Labute approximate surface area is 134 Å². The zero-order valence-electron chi connectivity index (χ0n) is 12.9. The molecule has 2 amide bonds. The number of amides is 2. The largest absolute Gasteiger partial charge is 0.354 e. The number of benzene rings is 2. The second-order valence-corrected chi connectivity index (χ2v) is 5.19. The van der Waals surface area contributed by atoms with E-state index in [9.17, 15) is 14.0 Å². The molecule has 2 rings (SSSR count). The molecule has 0 aromatic heterocycles. The molecular formula is C18H19FN2O2. The van der Waals surface area contributed by atoms with Crippen LogP contribution in [-0.4, -0.2) is 24.9 Å². The van der Waals surface area contributed by atoms with Gasteiger partial charge in [0.1, 0.15) is 5.82 Å². The first-order valence-electron chi connectivity index (χ1n) is 7.42. The molecule has 0 radical (unpaired) electrons. The van der Waals surface area contributed by atoms with Gasteiger partial charge in [0.05, 0.1) is 6.54 Å². The molecule has 0 aliphatic carbocycles. The molecule has 0 aliphatic heterocycles. The van der Waals surface area contributed by atoms with Gasteiger partial charge in [-0.2, -0.15) is 0 Å². The highest BCUT2D eigenvalue weighted by Crippen LogP contribution is 2.07. The number of hydrogen-bond acceptors (Lipinski definition) is 2. The molecule has 0 unspecified atom stereocenters. The molecule has 0 spiro atoms. The zero-order valence-corrected chi connectivity index (χ0v) is 12.9. The van der Waals surface area contributed by atoms with Crippen LogP contribution in [0, 0.1) is 12.7 Å². The molecule has 0 saturated heterocycles. The summed E-state index contributed by atoms with van der Waals surface area (Å²) in [6, 6.07) is 13.6.